The Morgan fingerprint density at radius 1 is 0.932 bits per heavy atom. The Morgan fingerprint density at radius 3 is 2.27 bits per heavy atom. The van der Waals surface area contributed by atoms with Crippen LogP contribution in [-0.2, 0) is 23.1 Å². The van der Waals surface area contributed by atoms with E-state index in [9.17, 15) is 18.8 Å². The third kappa shape index (κ3) is 6.48. The number of hydrogen-bond donors (Lipinski definition) is 2. The Kier molecular flexibility index (Phi) is 9.06. The van der Waals surface area contributed by atoms with Gasteiger partial charge in [0.05, 0.1) is 11.1 Å². The number of ether oxygens (including phenoxy) is 1. The van der Waals surface area contributed by atoms with Gasteiger partial charge in [0.15, 0.2) is 6.61 Å². The SMILES string of the molecule is Cn1c(C(=O)N2CCC(CCc3cccc(F)c3)(C(N)=O)CC2)cc(-c2ccccc2Cl)c1-c1ccc(OCC(N)=O)cc1. The topological polar surface area (TPSA) is 121 Å². The summed E-state index contributed by atoms with van der Waals surface area (Å²) in [5.74, 6) is -0.969. The van der Waals surface area contributed by atoms with Crippen LogP contribution in [-0.4, -0.2) is 46.9 Å². The highest BCUT2D eigenvalue weighted by Gasteiger charge is 2.41. The van der Waals surface area contributed by atoms with E-state index in [0.717, 1.165) is 27.9 Å². The van der Waals surface area contributed by atoms with Crippen molar-refractivity contribution in [2.45, 2.75) is 25.7 Å². The number of benzene rings is 3. The molecule has 1 fully saturated rings. The summed E-state index contributed by atoms with van der Waals surface area (Å²) in [5, 5.41) is 0.544. The van der Waals surface area contributed by atoms with E-state index in [1.807, 2.05) is 54.1 Å². The first-order valence-corrected chi connectivity index (χ1v) is 14.8. The van der Waals surface area contributed by atoms with Crippen molar-refractivity contribution in [2.75, 3.05) is 19.7 Å². The summed E-state index contributed by atoms with van der Waals surface area (Å²) in [5.41, 5.74) is 14.7. The third-order valence-corrected chi connectivity index (χ3v) is 8.77. The number of likely N-dealkylation sites (tertiary alicyclic amines) is 1. The Balaban J connectivity index is 1.41. The molecule has 8 nitrogen and oxygen atoms in total. The Hall–Kier alpha value is -4.63. The number of rotatable bonds is 10. The molecule has 10 heteroatoms. The fraction of sp³-hybridized carbons (Fsp3) is 0.265. The molecule has 0 unspecified atom stereocenters. The average Bonchev–Trinajstić information content (AvgIpc) is 3.35. The van der Waals surface area contributed by atoms with E-state index in [1.54, 1.807) is 29.2 Å². The van der Waals surface area contributed by atoms with Gasteiger partial charge in [-0.2, -0.15) is 0 Å². The molecule has 1 aliphatic heterocycles. The molecule has 5 rings (SSSR count). The number of hydrogen-bond acceptors (Lipinski definition) is 4. The zero-order valence-corrected chi connectivity index (χ0v) is 25.1. The minimum atomic E-state index is -0.774. The molecule has 3 aromatic carbocycles. The fourth-order valence-corrected chi connectivity index (χ4v) is 6.14. The van der Waals surface area contributed by atoms with Gasteiger partial charge >= 0.3 is 0 Å². The van der Waals surface area contributed by atoms with E-state index in [0.29, 0.717) is 55.2 Å². The van der Waals surface area contributed by atoms with Gasteiger partial charge in [0.2, 0.25) is 5.91 Å². The van der Waals surface area contributed by atoms with Gasteiger partial charge in [-0.05, 0) is 85.3 Å². The van der Waals surface area contributed by atoms with Crippen LogP contribution in [0.1, 0.15) is 35.3 Å². The molecule has 4 N–H and O–H groups in total. The number of primary amides is 2. The van der Waals surface area contributed by atoms with Crippen molar-refractivity contribution in [3.05, 3.63) is 101 Å². The zero-order valence-electron chi connectivity index (χ0n) is 24.4. The van der Waals surface area contributed by atoms with E-state index < -0.39 is 17.2 Å². The summed E-state index contributed by atoms with van der Waals surface area (Å²) in [6.07, 6.45) is 1.84. The highest BCUT2D eigenvalue weighted by molar-refractivity contribution is 6.33. The quantitative estimate of drug-likeness (QED) is 0.249. The molecule has 2 heterocycles. The first-order valence-electron chi connectivity index (χ1n) is 14.4. The van der Waals surface area contributed by atoms with Crippen LogP contribution in [0.15, 0.2) is 78.9 Å². The van der Waals surface area contributed by atoms with Crippen molar-refractivity contribution in [1.29, 1.82) is 0 Å². The van der Waals surface area contributed by atoms with Crippen LogP contribution in [0.4, 0.5) is 4.39 Å². The van der Waals surface area contributed by atoms with Gasteiger partial charge in [0, 0.05) is 36.3 Å². The molecule has 1 aliphatic rings. The zero-order chi connectivity index (χ0) is 31.4. The van der Waals surface area contributed by atoms with E-state index in [1.165, 1.54) is 12.1 Å². The first-order chi connectivity index (χ1) is 21.1. The lowest BCUT2D eigenvalue weighted by Gasteiger charge is -2.40. The van der Waals surface area contributed by atoms with Gasteiger partial charge in [0.25, 0.3) is 11.8 Å². The maximum Gasteiger partial charge on any atom is 0.270 e. The number of nitrogens with zero attached hydrogens (tertiary/aromatic N) is 2. The van der Waals surface area contributed by atoms with Gasteiger partial charge in [-0.25, -0.2) is 4.39 Å². The van der Waals surface area contributed by atoms with Crippen LogP contribution in [0.2, 0.25) is 5.02 Å². The molecule has 0 bridgehead atoms. The number of piperidine rings is 1. The molecule has 44 heavy (non-hydrogen) atoms. The van der Waals surface area contributed by atoms with Crippen LogP contribution in [0.5, 0.6) is 5.75 Å². The lowest BCUT2D eigenvalue weighted by atomic mass is 9.73. The van der Waals surface area contributed by atoms with Crippen molar-refractivity contribution in [3.63, 3.8) is 0 Å². The Bertz CT molecular complexity index is 1690. The number of aryl methyl sites for hydroxylation is 1. The summed E-state index contributed by atoms with van der Waals surface area (Å²) in [6.45, 7) is 0.488. The summed E-state index contributed by atoms with van der Waals surface area (Å²) < 4.78 is 21.0. The van der Waals surface area contributed by atoms with Crippen molar-refractivity contribution >= 4 is 29.3 Å². The van der Waals surface area contributed by atoms with Gasteiger partial charge in [-0.1, -0.05) is 41.9 Å². The lowest BCUT2D eigenvalue weighted by Crippen LogP contribution is -2.49. The van der Waals surface area contributed by atoms with E-state index >= 15 is 0 Å². The minimum absolute atomic E-state index is 0.170. The monoisotopic (exact) mass is 616 g/mol. The fourth-order valence-electron chi connectivity index (χ4n) is 5.90. The van der Waals surface area contributed by atoms with Crippen LogP contribution in [0.25, 0.3) is 22.4 Å². The molecule has 1 aromatic heterocycles. The second-order valence-corrected chi connectivity index (χ2v) is 11.6. The minimum Gasteiger partial charge on any atom is -0.484 e. The highest BCUT2D eigenvalue weighted by Crippen LogP contribution is 2.40. The standard InChI is InChI=1S/C34H34ClFN4O4/c1-39-29(32(42)40-17-15-34(16-18-40,33(38)43)14-13-22-5-4-6-24(36)19-22)20-27(26-7-2-3-8-28(26)35)31(39)23-9-11-25(12-10-23)44-21-30(37)41/h2-12,19-20H,13-18,21H2,1H3,(H2,37,41)(H2,38,43). The molecule has 0 saturated carbocycles. The lowest BCUT2D eigenvalue weighted by molar-refractivity contribution is -0.130. The Labute approximate surface area is 260 Å². The molecule has 0 radical (unpaired) electrons. The predicted octanol–water partition coefficient (Wildman–Crippen LogP) is 5.36. The second-order valence-electron chi connectivity index (χ2n) is 11.2. The summed E-state index contributed by atoms with van der Waals surface area (Å²) in [4.78, 5) is 39.5. The van der Waals surface area contributed by atoms with Gasteiger partial charge in [-0.3, -0.25) is 14.4 Å². The molecular weight excluding hydrogens is 583 g/mol. The number of aromatic nitrogens is 1. The predicted molar refractivity (Wildman–Crippen MR) is 167 cm³/mol. The molecule has 228 valence electrons. The number of nitrogens with two attached hydrogens (primary N) is 2. The second kappa shape index (κ2) is 12.9. The number of amides is 3. The van der Waals surface area contributed by atoms with E-state index in [-0.39, 0.29) is 18.3 Å². The van der Waals surface area contributed by atoms with E-state index in [2.05, 4.69) is 0 Å². The van der Waals surface area contributed by atoms with Gasteiger partial charge < -0.3 is 25.7 Å². The largest absolute Gasteiger partial charge is 0.484 e. The molecule has 3 amide bonds. The van der Waals surface area contributed by atoms with Crippen molar-refractivity contribution < 1.29 is 23.5 Å². The van der Waals surface area contributed by atoms with E-state index in [4.69, 9.17) is 27.8 Å². The molecule has 1 saturated heterocycles. The highest BCUT2D eigenvalue weighted by atomic mass is 35.5. The van der Waals surface area contributed by atoms with Gasteiger partial charge in [0.1, 0.15) is 17.3 Å². The normalized spacial score (nSPS) is 14.3. The molecular formula is C34H34ClFN4O4. The van der Waals surface area contributed by atoms with Crippen molar-refractivity contribution in [3.8, 4) is 28.1 Å². The maximum absolute atomic E-state index is 14.0. The first kappa shape index (κ1) is 30.8. The van der Waals surface area contributed by atoms with Crippen LogP contribution in [0.3, 0.4) is 0 Å². The molecule has 0 spiro atoms. The molecule has 0 atom stereocenters. The summed E-state index contributed by atoms with van der Waals surface area (Å²) in [6, 6.07) is 22.8. The van der Waals surface area contributed by atoms with Crippen molar-refractivity contribution in [1.82, 2.24) is 9.47 Å². The van der Waals surface area contributed by atoms with Gasteiger partial charge in [-0.15, -0.1) is 0 Å². The van der Waals surface area contributed by atoms with Crippen LogP contribution in [0, 0.1) is 11.2 Å². The number of carbonyl (C=O) groups is 3. The Morgan fingerprint density at radius 2 is 1.64 bits per heavy atom. The average molecular weight is 617 g/mol. The maximum atomic E-state index is 14.0. The third-order valence-electron chi connectivity index (χ3n) is 8.44. The molecule has 0 aliphatic carbocycles. The van der Waals surface area contributed by atoms with Crippen molar-refractivity contribution in [2.24, 2.45) is 23.9 Å². The smallest absolute Gasteiger partial charge is 0.270 e. The number of carbonyl (C=O) groups excluding carboxylic acids is 3. The summed E-state index contributed by atoms with van der Waals surface area (Å²) >= 11 is 6.61. The van der Waals surface area contributed by atoms with Crippen LogP contribution >= 0.6 is 11.6 Å². The molecule has 4 aromatic rings. The summed E-state index contributed by atoms with van der Waals surface area (Å²) in [7, 11) is 1.83. The number of halogens is 2. The van der Waals surface area contributed by atoms with Crippen LogP contribution < -0.4 is 16.2 Å².